The molecule has 4 rings (SSSR count). The van der Waals surface area contributed by atoms with E-state index in [2.05, 4.69) is 10.2 Å². The van der Waals surface area contributed by atoms with Crippen molar-refractivity contribution in [3.63, 3.8) is 0 Å². The van der Waals surface area contributed by atoms with E-state index >= 15 is 0 Å². The number of aryl methyl sites for hydroxylation is 1. The third-order valence-corrected chi connectivity index (χ3v) is 6.40. The predicted octanol–water partition coefficient (Wildman–Crippen LogP) is 5.71. The molecule has 0 spiro atoms. The van der Waals surface area contributed by atoms with Gasteiger partial charge in [-0.3, -0.25) is 0 Å². The fraction of sp³-hybridized carbons (Fsp3) is 0.345. The topological polar surface area (TPSA) is 54.0 Å². The normalized spacial score (nSPS) is 13.4. The lowest BCUT2D eigenvalue weighted by atomic mass is 10.1. The molecule has 6 nitrogen and oxygen atoms in total. The smallest absolute Gasteiger partial charge is 0.322 e. The SMILES string of the molecule is COc1ccc(CN(CCN2CCCC2)C(=O)Nc2ccccc2C)cc1OCc1ccccc1. The van der Waals surface area contributed by atoms with Crippen LogP contribution in [0.3, 0.4) is 0 Å². The number of anilines is 1. The van der Waals surface area contributed by atoms with Crippen LogP contribution >= 0.6 is 0 Å². The summed E-state index contributed by atoms with van der Waals surface area (Å²) >= 11 is 0. The van der Waals surface area contributed by atoms with Gasteiger partial charge in [-0.25, -0.2) is 4.79 Å². The summed E-state index contributed by atoms with van der Waals surface area (Å²) in [6.07, 6.45) is 2.46. The standard InChI is InChI=1S/C29H35N3O3/c1-23-10-6-7-13-26(23)30-29(33)32(19-18-31-16-8-9-17-31)21-25-14-15-27(34-2)28(20-25)35-22-24-11-4-3-5-12-24/h3-7,10-15,20H,8-9,16-19,21-22H2,1-2H3,(H,30,33). The molecule has 1 saturated heterocycles. The molecule has 1 N–H and O–H groups in total. The van der Waals surface area contributed by atoms with Gasteiger partial charge in [-0.05, 0) is 67.7 Å². The van der Waals surface area contributed by atoms with Crippen LogP contribution in [-0.4, -0.2) is 49.1 Å². The first-order valence-corrected chi connectivity index (χ1v) is 12.3. The van der Waals surface area contributed by atoms with Gasteiger partial charge in [-0.1, -0.05) is 54.6 Å². The molecule has 0 aliphatic carbocycles. The Balaban J connectivity index is 1.49. The van der Waals surface area contributed by atoms with Crippen molar-refractivity contribution in [1.29, 1.82) is 0 Å². The molecular weight excluding hydrogens is 438 g/mol. The molecule has 2 amide bonds. The van der Waals surface area contributed by atoms with Crippen molar-refractivity contribution < 1.29 is 14.3 Å². The molecule has 0 radical (unpaired) electrons. The maximum Gasteiger partial charge on any atom is 0.322 e. The van der Waals surface area contributed by atoms with Gasteiger partial charge in [-0.15, -0.1) is 0 Å². The highest BCUT2D eigenvalue weighted by molar-refractivity contribution is 5.90. The van der Waals surface area contributed by atoms with Crippen LogP contribution in [0, 0.1) is 6.92 Å². The van der Waals surface area contributed by atoms with Crippen LogP contribution in [0.25, 0.3) is 0 Å². The molecule has 1 aliphatic rings. The Morgan fingerprint density at radius 2 is 1.69 bits per heavy atom. The summed E-state index contributed by atoms with van der Waals surface area (Å²) in [7, 11) is 1.64. The third-order valence-electron chi connectivity index (χ3n) is 6.40. The average Bonchev–Trinajstić information content (AvgIpc) is 3.41. The van der Waals surface area contributed by atoms with Crippen LogP contribution in [0.2, 0.25) is 0 Å². The molecule has 0 bridgehead atoms. The van der Waals surface area contributed by atoms with Gasteiger partial charge in [0.1, 0.15) is 6.61 Å². The molecule has 0 aromatic heterocycles. The largest absolute Gasteiger partial charge is 0.493 e. The summed E-state index contributed by atoms with van der Waals surface area (Å²) in [4.78, 5) is 17.6. The van der Waals surface area contributed by atoms with Crippen LogP contribution in [0.1, 0.15) is 29.5 Å². The monoisotopic (exact) mass is 473 g/mol. The van der Waals surface area contributed by atoms with Gasteiger partial charge < -0.3 is 24.6 Å². The molecular formula is C29H35N3O3. The summed E-state index contributed by atoms with van der Waals surface area (Å²) in [5.41, 5.74) is 3.96. The van der Waals surface area contributed by atoms with E-state index in [9.17, 15) is 4.79 Å². The van der Waals surface area contributed by atoms with Gasteiger partial charge in [0, 0.05) is 25.3 Å². The molecule has 1 fully saturated rings. The Bertz CT molecular complexity index is 1100. The average molecular weight is 474 g/mol. The number of carbonyl (C=O) groups is 1. The number of benzene rings is 3. The van der Waals surface area contributed by atoms with Crippen LogP contribution in [0.5, 0.6) is 11.5 Å². The van der Waals surface area contributed by atoms with Crippen LogP contribution in [0.15, 0.2) is 72.8 Å². The molecule has 0 atom stereocenters. The molecule has 3 aromatic rings. The lowest BCUT2D eigenvalue weighted by Gasteiger charge is -2.26. The highest BCUT2D eigenvalue weighted by Crippen LogP contribution is 2.29. The number of amides is 2. The number of hydrogen-bond donors (Lipinski definition) is 1. The van der Waals surface area contributed by atoms with Gasteiger partial charge in [0.05, 0.1) is 7.11 Å². The molecule has 0 saturated carbocycles. The Kier molecular flexibility index (Phi) is 8.63. The predicted molar refractivity (Wildman–Crippen MR) is 140 cm³/mol. The number of likely N-dealkylation sites (tertiary alicyclic amines) is 1. The summed E-state index contributed by atoms with van der Waals surface area (Å²) in [5, 5.41) is 3.10. The van der Waals surface area contributed by atoms with Crippen molar-refractivity contribution in [2.24, 2.45) is 0 Å². The van der Waals surface area contributed by atoms with E-state index in [0.29, 0.717) is 31.2 Å². The summed E-state index contributed by atoms with van der Waals surface area (Å²) in [5.74, 6) is 1.35. The van der Waals surface area contributed by atoms with Gasteiger partial charge in [0.15, 0.2) is 11.5 Å². The highest BCUT2D eigenvalue weighted by atomic mass is 16.5. The van der Waals surface area contributed by atoms with Crippen molar-refractivity contribution >= 4 is 11.7 Å². The third kappa shape index (κ3) is 6.99. The van der Waals surface area contributed by atoms with E-state index in [1.807, 2.05) is 84.6 Å². The number of methoxy groups -OCH3 is 1. The second-order valence-corrected chi connectivity index (χ2v) is 8.97. The number of urea groups is 1. The van der Waals surface area contributed by atoms with Crippen molar-refractivity contribution in [2.45, 2.75) is 32.9 Å². The van der Waals surface area contributed by atoms with E-state index in [1.54, 1.807) is 7.11 Å². The van der Waals surface area contributed by atoms with E-state index in [4.69, 9.17) is 9.47 Å². The first kappa shape index (κ1) is 24.6. The number of nitrogens with zero attached hydrogens (tertiary/aromatic N) is 2. The Labute approximate surface area is 208 Å². The molecule has 184 valence electrons. The number of para-hydroxylation sites is 1. The van der Waals surface area contributed by atoms with Crippen LogP contribution in [0.4, 0.5) is 10.5 Å². The second kappa shape index (κ2) is 12.3. The number of hydrogen-bond acceptors (Lipinski definition) is 4. The van der Waals surface area contributed by atoms with Crippen LogP contribution < -0.4 is 14.8 Å². The van der Waals surface area contributed by atoms with Crippen molar-refractivity contribution in [3.8, 4) is 11.5 Å². The Morgan fingerprint density at radius 1 is 0.943 bits per heavy atom. The van der Waals surface area contributed by atoms with Crippen molar-refractivity contribution in [2.75, 3.05) is 38.6 Å². The first-order chi connectivity index (χ1) is 17.1. The Hall–Kier alpha value is -3.51. The van der Waals surface area contributed by atoms with E-state index < -0.39 is 0 Å². The minimum atomic E-state index is -0.0962. The summed E-state index contributed by atoms with van der Waals surface area (Å²) in [6.45, 7) is 6.67. The zero-order valence-corrected chi connectivity index (χ0v) is 20.7. The highest BCUT2D eigenvalue weighted by Gasteiger charge is 2.19. The molecule has 3 aromatic carbocycles. The fourth-order valence-corrected chi connectivity index (χ4v) is 4.32. The quantitative estimate of drug-likeness (QED) is 0.410. The summed E-state index contributed by atoms with van der Waals surface area (Å²) in [6, 6.07) is 23.7. The molecule has 0 unspecified atom stereocenters. The van der Waals surface area contributed by atoms with Crippen molar-refractivity contribution in [3.05, 3.63) is 89.5 Å². The van der Waals surface area contributed by atoms with Gasteiger partial charge >= 0.3 is 6.03 Å². The number of rotatable bonds is 10. The molecule has 1 aliphatic heterocycles. The Morgan fingerprint density at radius 3 is 2.43 bits per heavy atom. The van der Waals surface area contributed by atoms with Gasteiger partial charge in [0.2, 0.25) is 0 Å². The molecule has 1 heterocycles. The maximum absolute atomic E-state index is 13.3. The number of carbonyl (C=O) groups excluding carboxylic acids is 1. The minimum absolute atomic E-state index is 0.0962. The van der Waals surface area contributed by atoms with E-state index in [1.165, 1.54) is 12.8 Å². The maximum atomic E-state index is 13.3. The lowest BCUT2D eigenvalue weighted by molar-refractivity contribution is 0.197. The lowest BCUT2D eigenvalue weighted by Crippen LogP contribution is -2.40. The van der Waals surface area contributed by atoms with Gasteiger partial charge in [0.25, 0.3) is 0 Å². The summed E-state index contributed by atoms with van der Waals surface area (Å²) < 4.78 is 11.6. The number of nitrogens with one attached hydrogen (secondary N) is 1. The molecule has 6 heteroatoms. The first-order valence-electron chi connectivity index (χ1n) is 12.3. The minimum Gasteiger partial charge on any atom is -0.493 e. The number of ether oxygens (including phenoxy) is 2. The zero-order chi connectivity index (χ0) is 24.5. The van der Waals surface area contributed by atoms with E-state index in [0.717, 1.165) is 42.0 Å². The molecule has 35 heavy (non-hydrogen) atoms. The van der Waals surface area contributed by atoms with Crippen molar-refractivity contribution in [1.82, 2.24) is 9.80 Å². The van der Waals surface area contributed by atoms with Gasteiger partial charge in [-0.2, -0.15) is 0 Å². The second-order valence-electron chi connectivity index (χ2n) is 8.97. The fourth-order valence-electron chi connectivity index (χ4n) is 4.32. The van der Waals surface area contributed by atoms with Crippen LogP contribution in [-0.2, 0) is 13.2 Å². The van der Waals surface area contributed by atoms with E-state index in [-0.39, 0.29) is 6.03 Å². The zero-order valence-electron chi connectivity index (χ0n) is 20.7.